The van der Waals surface area contributed by atoms with E-state index >= 15 is 0 Å². The Morgan fingerprint density at radius 3 is 2.54 bits per heavy atom. The highest BCUT2D eigenvalue weighted by Crippen LogP contribution is 2.25. The summed E-state index contributed by atoms with van der Waals surface area (Å²) in [6, 6.07) is 14.4. The van der Waals surface area contributed by atoms with Crippen LogP contribution >= 0.6 is 35.0 Å². The third-order valence-corrected chi connectivity index (χ3v) is 5.22. The fourth-order valence-electron chi connectivity index (χ4n) is 2.51. The number of aromatic nitrogens is 3. The van der Waals surface area contributed by atoms with Crippen molar-refractivity contribution in [2.45, 2.75) is 18.2 Å². The maximum atomic E-state index is 12.2. The molecule has 1 atom stereocenters. The summed E-state index contributed by atoms with van der Waals surface area (Å²) >= 11 is 13.2. The number of thioether (sulfide) groups is 1. The second-order valence-corrected chi connectivity index (χ2v) is 7.78. The summed E-state index contributed by atoms with van der Waals surface area (Å²) in [5.74, 6) is 1.41. The Kier molecular flexibility index (Phi) is 6.83. The molecule has 28 heavy (non-hydrogen) atoms. The van der Waals surface area contributed by atoms with Crippen LogP contribution in [0.5, 0.6) is 5.75 Å². The van der Waals surface area contributed by atoms with Crippen molar-refractivity contribution in [1.82, 2.24) is 14.8 Å². The highest BCUT2D eigenvalue weighted by molar-refractivity contribution is 7.99. The summed E-state index contributed by atoms with van der Waals surface area (Å²) < 4.78 is 7.71. The monoisotopic (exact) mass is 436 g/mol. The van der Waals surface area contributed by atoms with E-state index in [9.17, 15) is 4.79 Å². The van der Waals surface area contributed by atoms with E-state index in [0.29, 0.717) is 26.7 Å². The van der Waals surface area contributed by atoms with Crippen molar-refractivity contribution >= 4 is 46.6 Å². The number of amides is 1. The van der Waals surface area contributed by atoms with Crippen molar-refractivity contribution in [3.8, 4) is 5.75 Å². The van der Waals surface area contributed by atoms with Crippen molar-refractivity contribution in [2.24, 2.45) is 7.05 Å². The standard InChI is InChI=1S/C19H18Cl2N4O2S/c1-12(27-16-6-4-3-5-7-16)18-23-24-19(25(18)2)28-11-17(26)22-15-9-13(20)8-14(21)10-15/h3-10,12H,11H2,1-2H3,(H,22,26)/t12-/m0/s1. The number of anilines is 1. The average molecular weight is 437 g/mol. The Balaban J connectivity index is 1.58. The molecule has 0 aliphatic heterocycles. The number of hydrogen-bond acceptors (Lipinski definition) is 5. The van der Waals surface area contributed by atoms with Crippen LogP contribution < -0.4 is 10.1 Å². The van der Waals surface area contributed by atoms with E-state index in [4.69, 9.17) is 27.9 Å². The number of para-hydroxylation sites is 1. The van der Waals surface area contributed by atoms with Gasteiger partial charge in [0.15, 0.2) is 17.1 Å². The van der Waals surface area contributed by atoms with Gasteiger partial charge in [-0.05, 0) is 37.3 Å². The van der Waals surface area contributed by atoms with Crippen LogP contribution in [0.1, 0.15) is 18.9 Å². The largest absolute Gasteiger partial charge is 0.483 e. The average Bonchev–Trinajstić information content (AvgIpc) is 3.00. The second kappa shape index (κ2) is 9.32. The van der Waals surface area contributed by atoms with Crippen LogP contribution in [-0.4, -0.2) is 26.4 Å². The third-order valence-electron chi connectivity index (χ3n) is 3.77. The highest BCUT2D eigenvalue weighted by atomic mass is 35.5. The highest BCUT2D eigenvalue weighted by Gasteiger charge is 2.18. The maximum absolute atomic E-state index is 12.2. The van der Waals surface area contributed by atoms with E-state index in [1.54, 1.807) is 18.2 Å². The summed E-state index contributed by atoms with van der Waals surface area (Å²) in [4.78, 5) is 12.2. The minimum atomic E-state index is -0.281. The zero-order valence-electron chi connectivity index (χ0n) is 15.2. The Morgan fingerprint density at radius 2 is 1.86 bits per heavy atom. The molecule has 146 valence electrons. The number of rotatable bonds is 7. The van der Waals surface area contributed by atoms with E-state index in [1.807, 2.05) is 48.9 Å². The minimum Gasteiger partial charge on any atom is -0.483 e. The lowest BCUT2D eigenvalue weighted by atomic mass is 10.3. The Labute approximate surface area is 177 Å². The molecule has 0 bridgehead atoms. The molecular formula is C19H18Cl2N4O2S. The Hall–Kier alpha value is -2.22. The van der Waals surface area contributed by atoms with Crippen molar-refractivity contribution in [1.29, 1.82) is 0 Å². The summed E-state index contributed by atoms with van der Waals surface area (Å²) in [7, 11) is 1.84. The van der Waals surface area contributed by atoms with E-state index in [2.05, 4.69) is 15.5 Å². The number of carbonyl (C=O) groups excluding carboxylic acids is 1. The van der Waals surface area contributed by atoms with Gasteiger partial charge in [-0.3, -0.25) is 4.79 Å². The van der Waals surface area contributed by atoms with E-state index < -0.39 is 0 Å². The Bertz CT molecular complexity index is 946. The van der Waals surface area contributed by atoms with Crippen LogP contribution in [0, 0.1) is 0 Å². The lowest BCUT2D eigenvalue weighted by Crippen LogP contribution is -2.15. The molecule has 1 aromatic heterocycles. The lowest BCUT2D eigenvalue weighted by molar-refractivity contribution is -0.113. The topological polar surface area (TPSA) is 69.0 Å². The number of hydrogen-bond donors (Lipinski definition) is 1. The minimum absolute atomic E-state index is 0.171. The molecule has 3 aromatic rings. The lowest BCUT2D eigenvalue weighted by Gasteiger charge is -2.14. The molecule has 3 rings (SSSR count). The third kappa shape index (κ3) is 5.41. The van der Waals surface area contributed by atoms with Gasteiger partial charge in [-0.25, -0.2) is 0 Å². The van der Waals surface area contributed by atoms with Gasteiger partial charge in [0.1, 0.15) is 5.75 Å². The fourth-order valence-corrected chi connectivity index (χ4v) is 3.76. The van der Waals surface area contributed by atoms with Gasteiger partial charge < -0.3 is 14.6 Å². The molecule has 0 fully saturated rings. The van der Waals surface area contributed by atoms with Gasteiger partial charge in [0, 0.05) is 22.8 Å². The second-order valence-electron chi connectivity index (χ2n) is 5.97. The van der Waals surface area contributed by atoms with E-state index in [0.717, 1.165) is 5.75 Å². The van der Waals surface area contributed by atoms with Gasteiger partial charge in [-0.1, -0.05) is 53.2 Å². The van der Waals surface area contributed by atoms with Crippen molar-refractivity contribution in [3.63, 3.8) is 0 Å². The van der Waals surface area contributed by atoms with Gasteiger partial charge in [0.05, 0.1) is 5.75 Å². The van der Waals surface area contributed by atoms with Gasteiger partial charge in [0.2, 0.25) is 5.91 Å². The van der Waals surface area contributed by atoms with Crippen LogP contribution in [0.4, 0.5) is 5.69 Å². The quantitative estimate of drug-likeness (QED) is 0.528. The van der Waals surface area contributed by atoms with Crippen molar-refractivity contribution in [3.05, 3.63) is 64.4 Å². The zero-order chi connectivity index (χ0) is 20.1. The molecule has 2 aromatic carbocycles. The van der Waals surface area contributed by atoms with Gasteiger partial charge >= 0.3 is 0 Å². The molecule has 0 unspecified atom stereocenters. The summed E-state index contributed by atoms with van der Waals surface area (Å²) in [6.45, 7) is 1.90. The number of benzene rings is 2. The number of ether oxygens (including phenoxy) is 1. The van der Waals surface area contributed by atoms with Crippen LogP contribution in [-0.2, 0) is 11.8 Å². The van der Waals surface area contributed by atoms with E-state index in [-0.39, 0.29) is 17.8 Å². The molecule has 9 heteroatoms. The first-order valence-electron chi connectivity index (χ1n) is 8.42. The maximum Gasteiger partial charge on any atom is 0.234 e. The molecule has 1 amide bonds. The molecular weight excluding hydrogens is 419 g/mol. The molecule has 0 saturated heterocycles. The Morgan fingerprint density at radius 1 is 1.18 bits per heavy atom. The number of halogens is 2. The predicted octanol–water partition coefficient (Wildman–Crippen LogP) is 4.99. The molecule has 1 N–H and O–H groups in total. The van der Waals surface area contributed by atoms with Crippen LogP contribution in [0.2, 0.25) is 10.0 Å². The van der Waals surface area contributed by atoms with Gasteiger partial charge in [-0.15, -0.1) is 10.2 Å². The first-order chi connectivity index (χ1) is 13.4. The smallest absolute Gasteiger partial charge is 0.234 e. The molecule has 0 spiro atoms. The first-order valence-corrected chi connectivity index (χ1v) is 10.2. The summed E-state index contributed by atoms with van der Waals surface area (Å²) in [6.07, 6.45) is -0.281. The predicted molar refractivity (Wildman–Crippen MR) is 112 cm³/mol. The molecule has 0 radical (unpaired) electrons. The zero-order valence-corrected chi connectivity index (χ0v) is 17.6. The number of nitrogens with zero attached hydrogens (tertiary/aromatic N) is 3. The van der Waals surface area contributed by atoms with Gasteiger partial charge in [-0.2, -0.15) is 0 Å². The SMILES string of the molecule is C[C@H](Oc1ccccc1)c1nnc(SCC(=O)Nc2cc(Cl)cc(Cl)c2)n1C. The fraction of sp³-hybridized carbons (Fsp3) is 0.211. The summed E-state index contributed by atoms with van der Waals surface area (Å²) in [5, 5.41) is 12.7. The first kappa shape index (κ1) is 20.5. The molecule has 6 nitrogen and oxygen atoms in total. The van der Waals surface area contributed by atoms with Crippen LogP contribution in [0.25, 0.3) is 0 Å². The molecule has 0 aliphatic rings. The molecule has 0 aliphatic carbocycles. The molecule has 1 heterocycles. The molecule has 0 saturated carbocycles. The normalized spacial score (nSPS) is 11.9. The van der Waals surface area contributed by atoms with Crippen molar-refractivity contribution < 1.29 is 9.53 Å². The van der Waals surface area contributed by atoms with Crippen LogP contribution in [0.15, 0.2) is 53.7 Å². The van der Waals surface area contributed by atoms with Crippen LogP contribution in [0.3, 0.4) is 0 Å². The summed E-state index contributed by atoms with van der Waals surface area (Å²) in [5.41, 5.74) is 0.548. The number of carbonyl (C=O) groups is 1. The van der Waals surface area contributed by atoms with Gasteiger partial charge in [0.25, 0.3) is 0 Å². The van der Waals surface area contributed by atoms with Crippen molar-refractivity contribution in [2.75, 3.05) is 11.1 Å². The number of nitrogens with one attached hydrogen (secondary N) is 1. The van der Waals surface area contributed by atoms with E-state index in [1.165, 1.54) is 11.8 Å².